The zero-order valence-corrected chi connectivity index (χ0v) is 13.7. The lowest BCUT2D eigenvalue weighted by atomic mass is 9.88. The Morgan fingerprint density at radius 2 is 1.73 bits per heavy atom. The van der Waals surface area contributed by atoms with Crippen LogP contribution in [0.2, 0.25) is 0 Å². The molecular weight excluding hydrogens is 339 g/mol. The molecule has 7 nitrogen and oxygen atoms in total. The predicted molar refractivity (Wildman–Crippen MR) is 92.8 cm³/mol. The standard InChI is InChI=1S/C18H17FN4O3/c19-13-5-7-14(8-6-13)22-17(26)23-18(9-15(24)21-10-18)12-3-1-11(2-4-12)16(20)25/h1-8H,9-10H2,(H2,20,25)(H,21,24)(H2,22,23,26)/t18-/m0/s1. The van der Waals surface area contributed by atoms with Crippen LogP contribution in [0.1, 0.15) is 22.3 Å². The van der Waals surface area contributed by atoms with Gasteiger partial charge in [-0.2, -0.15) is 0 Å². The summed E-state index contributed by atoms with van der Waals surface area (Å²) in [5.74, 6) is -1.17. The summed E-state index contributed by atoms with van der Waals surface area (Å²) in [6.07, 6.45) is 0.0553. The van der Waals surface area contributed by atoms with Gasteiger partial charge in [-0.15, -0.1) is 0 Å². The van der Waals surface area contributed by atoms with E-state index >= 15 is 0 Å². The van der Waals surface area contributed by atoms with Gasteiger partial charge >= 0.3 is 6.03 Å². The summed E-state index contributed by atoms with van der Waals surface area (Å²) in [7, 11) is 0. The number of hydrogen-bond donors (Lipinski definition) is 4. The van der Waals surface area contributed by atoms with E-state index in [1.54, 1.807) is 24.3 Å². The van der Waals surface area contributed by atoms with Crippen molar-refractivity contribution in [2.75, 3.05) is 11.9 Å². The van der Waals surface area contributed by atoms with Crippen LogP contribution in [0.4, 0.5) is 14.9 Å². The molecule has 1 saturated heterocycles. The molecule has 1 atom stereocenters. The molecule has 8 heteroatoms. The number of benzene rings is 2. The lowest BCUT2D eigenvalue weighted by molar-refractivity contribution is -0.119. The van der Waals surface area contributed by atoms with Crippen molar-refractivity contribution in [3.05, 3.63) is 65.5 Å². The van der Waals surface area contributed by atoms with Gasteiger partial charge in [-0.3, -0.25) is 9.59 Å². The number of rotatable bonds is 4. The van der Waals surface area contributed by atoms with E-state index in [1.807, 2.05) is 0 Å². The largest absolute Gasteiger partial charge is 0.366 e. The summed E-state index contributed by atoms with van der Waals surface area (Å²) in [5, 5.41) is 8.11. The van der Waals surface area contributed by atoms with Crippen LogP contribution in [-0.2, 0) is 10.3 Å². The molecule has 2 aromatic carbocycles. The third-order valence-corrected chi connectivity index (χ3v) is 4.23. The number of halogens is 1. The molecule has 0 spiro atoms. The van der Waals surface area contributed by atoms with Gasteiger partial charge in [0.15, 0.2) is 0 Å². The molecule has 5 N–H and O–H groups in total. The predicted octanol–water partition coefficient (Wildman–Crippen LogP) is 1.46. The highest BCUT2D eigenvalue weighted by atomic mass is 19.1. The molecular formula is C18H17FN4O3. The minimum absolute atomic E-state index is 0.0553. The van der Waals surface area contributed by atoms with Crippen LogP contribution in [0.25, 0.3) is 0 Å². The van der Waals surface area contributed by atoms with E-state index in [2.05, 4.69) is 16.0 Å². The SMILES string of the molecule is NC(=O)c1ccc([C@@]2(NC(=O)Nc3ccc(F)cc3)CNC(=O)C2)cc1. The normalized spacial score (nSPS) is 18.9. The Balaban J connectivity index is 1.81. The topological polar surface area (TPSA) is 113 Å². The third-order valence-electron chi connectivity index (χ3n) is 4.23. The fraction of sp³-hybridized carbons (Fsp3) is 0.167. The van der Waals surface area contributed by atoms with Crippen LogP contribution in [0, 0.1) is 5.82 Å². The molecule has 0 saturated carbocycles. The van der Waals surface area contributed by atoms with Crippen molar-refractivity contribution in [3.8, 4) is 0 Å². The van der Waals surface area contributed by atoms with Crippen LogP contribution in [-0.4, -0.2) is 24.4 Å². The highest BCUT2D eigenvalue weighted by molar-refractivity contribution is 5.93. The van der Waals surface area contributed by atoms with E-state index < -0.39 is 23.3 Å². The molecule has 0 aromatic heterocycles. The van der Waals surface area contributed by atoms with Gasteiger partial charge in [-0.1, -0.05) is 12.1 Å². The molecule has 2 aromatic rings. The number of carbonyl (C=O) groups excluding carboxylic acids is 3. The minimum atomic E-state index is -0.961. The van der Waals surface area contributed by atoms with Gasteiger partial charge in [-0.25, -0.2) is 9.18 Å². The van der Waals surface area contributed by atoms with Crippen molar-refractivity contribution in [1.29, 1.82) is 0 Å². The number of carbonyl (C=O) groups is 3. The van der Waals surface area contributed by atoms with Crippen LogP contribution >= 0.6 is 0 Å². The second kappa shape index (κ2) is 6.83. The monoisotopic (exact) mass is 356 g/mol. The Morgan fingerprint density at radius 1 is 1.08 bits per heavy atom. The highest BCUT2D eigenvalue weighted by Gasteiger charge is 2.41. The van der Waals surface area contributed by atoms with Crippen LogP contribution in [0.5, 0.6) is 0 Å². The smallest absolute Gasteiger partial charge is 0.320 e. The number of primary amides is 1. The minimum Gasteiger partial charge on any atom is -0.366 e. The number of urea groups is 1. The number of nitrogens with two attached hydrogens (primary N) is 1. The zero-order valence-electron chi connectivity index (χ0n) is 13.7. The van der Waals surface area contributed by atoms with Gasteiger partial charge in [-0.05, 0) is 42.0 Å². The van der Waals surface area contributed by atoms with Crippen molar-refractivity contribution in [1.82, 2.24) is 10.6 Å². The Kier molecular flexibility index (Phi) is 4.57. The fourth-order valence-electron chi connectivity index (χ4n) is 2.88. The van der Waals surface area contributed by atoms with Crippen molar-refractivity contribution in [2.45, 2.75) is 12.0 Å². The zero-order chi connectivity index (χ0) is 18.7. The van der Waals surface area contributed by atoms with E-state index in [4.69, 9.17) is 5.73 Å². The molecule has 1 aliphatic rings. The van der Waals surface area contributed by atoms with Crippen molar-refractivity contribution < 1.29 is 18.8 Å². The van der Waals surface area contributed by atoms with Gasteiger partial charge in [0.2, 0.25) is 11.8 Å². The first kappa shape index (κ1) is 17.4. The Hall–Kier alpha value is -3.42. The quantitative estimate of drug-likeness (QED) is 0.665. The maximum absolute atomic E-state index is 13.0. The molecule has 0 radical (unpaired) electrons. The van der Waals surface area contributed by atoms with Crippen LogP contribution in [0.15, 0.2) is 48.5 Å². The fourth-order valence-corrected chi connectivity index (χ4v) is 2.88. The van der Waals surface area contributed by atoms with Crippen LogP contribution < -0.4 is 21.7 Å². The number of amides is 4. The Bertz CT molecular complexity index is 852. The Labute approximate surface area is 148 Å². The first-order chi connectivity index (χ1) is 12.4. The molecule has 0 bridgehead atoms. The molecule has 0 aliphatic carbocycles. The van der Waals surface area contributed by atoms with Crippen molar-refractivity contribution in [3.63, 3.8) is 0 Å². The summed E-state index contributed by atoms with van der Waals surface area (Å²) in [6, 6.07) is 11.2. The molecule has 134 valence electrons. The molecule has 26 heavy (non-hydrogen) atoms. The van der Waals surface area contributed by atoms with Gasteiger partial charge in [0.05, 0.1) is 12.0 Å². The molecule has 1 fully saturated rings. The maximum atomic E-state index is 13.0. The summed E-state index contributed by atoms with van der Waals surface area (Å²) in [4.78, 5) is 35.4. The molecule has 1 aliphatic heterocycles. The van der Waals surface area contributed by atoms with Gasteiger partial charge in [0.1, 0.15) is 5.82 Å². The third kappa shape index (κ3) is 3.64. The average molecular weight is 356 g/mol. The lowest BCUT2D eigenvalue weighted by Crippen LogP contribution is -2.49. The van der Waals surface area contributed by atoms with Gasteiger partial charge < -0.3 is 21.7 Å². The molecule has 3 rings (SSSR count). The second-order valence-corrected chi connectivity index (χ2v) is 6.06. The summed E-state index contributed by atoms with van der Waals surface area (Å²) in [5.41, 5.74) is 5.69. The maximum Gasteiger partial charge on any atom is 0.320 e. The molecule has 1 heterocycles. The van der Waals surface area contributed by atoms with E-state index in [9.17, 15) is 18.8 Å². The van der Waals surface area contributed by atoms with Crippen molar-refractivity contribution in [2.24, 2.45) is 5.73 Å². The first-order valence-electron chi connectivity index (χ1n) is 7.90. The number of anilines is 1. The van der Waals surface area contributed by atoms with E-state index in [-0.39, 0.29) is 18.9 Å². The first-order valence-corrected chi connectivity index (χ1v) is 7.90. The highest BCUT2D eigenvalue weighted by Crippen LogP contribution is 2.29. The summed E-state index contributed by atoms with van der Waals surface area (Å²) in [6.45, 7) is 0.207. The number of nitrogens with one attached hydrogen (secondary N) is 3. The second-order valence-electron chi connectivity index (χ2n) is 6.06. The Morgan fingerprint density at radius 3 is 2.27 bits per heavy atom. The van der Waals surface area contributed by atoms with E-state index in [0.717, 1.165) is 0 Å². The average Bonchev–Trinajstić information content (AvgIpc) is 2.98. The summed E-state index contributed by atoms with van der Waals surface area (Å²) >= 11 is 0. The molecule has 4 amide bonds. The lowest BCUT2D eigenvalue weighted by Gasteiger charge is -2.29. The van der Waals surface area contributed by atoms with E-state index in [0.29, 0.717) is 16.8 Å². The molecule has 0 unspecified atom stereocenters. The van der Waals surface area contributed by atoms with Gasteiger partial charge in [0, 0.05) is 17.8 Å². The van der Waals surface area contributed by atoms with Crippen LogP contribution in [0.3, 0.4) is 0 Å². The van der Waals surface area contributed by atoms with E-state index in [1.165, 1.54) is 24.3 Å². The number of hydrogen-bond acceptors (Lipinski definition) is 3. The van der Waals surface area contributed by atoms with Crippen molar-refractivity contribution >= 4 is 23.5 Å². The summed E-state index contributed by atoms with van der Waals surface area (Å²) < 4.78 is 13.0. The van der Waals surface area contributed by atoms with Gasteiger partial charge in [0.25, 0.3) is 0 Å².